The van der Waals surface area contributed by atoms with E-state index in [1.165, 1.54) is 0 Å². The van der Waals surface area contributed by atoms with E-state index >= 15 is 0 Å². The van der Waals surface area contributed by atoms with Gasteiger partial charge >= 0.3 is 0 Å². The molecule has 2 rings (SSSR count). The highest BCUT2D eigenvalue weighted by Crippen LogP contribution is 2.11. The lowest BCUT2D eigenvalue weighted by molar-refractivity contribution is -0.123. The van der Waals surface area contributed by atoms with Gasteiger partial charge in [-0.15, -0.1) is 0 Å². The summed E-state index contributed by atoms with van der Waals surface area (Å²) in [6.45, 7) is 4.02. The van der Waals surface area contributed by atoms with E-state index in [0.29, 0.717) is 5.75 Å². The van der Waals surface area contributed by atoms with E-state index in [2.05, 4.69) is 10.0 Å². The fourth-order valence-corrected chi connectivity index (χ4v) is 3.05. The van der Waals surface area contributed by atoms with Gasteiger partial charge in [0.1, 0.15) is 5.75 Å². The van der Waals surface area contributed by atoms with Gasteiger partial charge in [0.25, 0.3) is 5.91 Å². The molecule has 1 amide bonds. The molecule has 0 aliphatic heterocycles. The van der Waals surface area contributed by atoms with E-state index in [-0.39, 0.29) is 30.5 Å². The van der Waals surface area contributed by atoms with Crippen LogP contribution in [-0.4, -0.2) is 34.0 Å². The summed E-state index contributed by atoms with van der Waals surface area (Å²) in [6, 6.07) is 13.9. The Kier molecular flexibility index (Phi) is 6.55. The van der Waals surface area contributed by atoms with E-state index in [1.807, 2.05) is 26.0 Å². The molecule has 0 spiro atoms. The molecular weight excluding hydrogens is 340 g/mol. The minimum Gasteiger partial charge on any atom is -0.484 e. The van der Waals surface area contributed by atoms with Crippen molar-refractivity contribution in [2.75, 3.05) is 19.7 Å². The summed E-state index contributed by atoms with van der Waals surface area (Å²) in [7, 11) is -3.57. The molecule has 0 aromatic heterocycles. The zero-order chi connectivity index (χ0) is 18.3. The molecule has 7 heteroatoms. The van der Waals surface area contributed by atoms with Crippen LogP contribution in [0.2, 0.25) is 0 Å². The van der Waals surface area contributed by atoms with Crippen molar-refractivity contribution in [1.82, 2.24) is 10.0 Å². The summed E-state index contributed by atoms with van der Waals surface area (Å²) in [4.78, 5) is 11.9. The maximum absolute atomic E-state index is 12.1. The number of aryl methyl sites for hydroxylation is 2. The van der Waals surface area contributed by atoms with E-state index in [1.54, 1.807) is 36.4 Å². The monoisotopic (exact) mass is 362 g/mol. The fraction of sp³-hybridized carbons (Fsp3) is 0.278. The minimum absolute atomic E-state index is 0.104. The molecule has 2 N–H and O–H groups in total. The number of sulfonamides is 1. The molecule has 6 nitrogen and oxygen atoms in total. The van der Waals surface area contributed by atoms with Crippen LogP contribution in [0.5, 0.6) is 5.75 Å². The molecule has 0 radical (unpaired) electrons. The Labute approximate surface area is 148 Å². The molecule has 134 valence electrons. The molecule has 0 aliphatic carbocycles. The first-order valence-electron chi connectivity index (χ1n) is 7.89. The molecule has 0 bridgehead atoms. The van der Waals surface area contributed by atoms with Gasteiger partial charge in [0.05, 0.1) is 4.90 Å². The van der Waals surface area contributed by atoms with Crippen molar-refractivity contribution in [3.8, 4) is 5.75 Å². The second kappa shape index (κ2) is 8.64. The largest absolute Gasteiger partial charge is 0.484 e. The summed E-state index contributed by atoms with van der Waals surface area (Å²) in [5.74, 6) is 0.302. The number of benzene rings is 2. The number of rotatable bonds is 8. The van der Waals surface area contributed by atoms with Crippen LogP contribution in [-0.2, 0) is 14.8 Å². The molecule has 0 saturated heterocycles. The maximum Gasteiger partial charge on any atom is 0.257 e. The van der Waals surface area contributed by atoms with Gasteiger partial charge in [0.2, 0.25) is 10.0 Å². The van der Waals surface area contributed by atoms with Crippen molar-refractivity contribution in [2.45, 2.75) is 18.7 Å². The first-order valence-corrected chi connectivity index (χ1v) is 9.38. The summed E-state index contributed by atoms with van der Waals surface area (Å²) < 4.78 is 32.0. The predicted molar refractivity (Wildman–Crippen MR) is 96.1 cm³/mol. The zero-order valence-corrected chi connectivity index (χ0v) is 15.1. The quantitative estimate of drug-likeness (QED) is 0.701. The van der Waals surface area contributed by atoms with Crippen LogP contribution in [0, 0.1) is 13.8 Å². The Morgan fingerprint density at radius 1 is 0.920 bits per heavy atom. The number of carbonyl (C=O) groups excluding carboxylic acids is 1. The highest BCUT2D eigenvalue weighted by atomic mass is 32.2. The number of nitrogens with one attached hydrogen (secondary N) is 2. The molecular formula is C18H22N2O4S. The van der Waals surface area contributed by atoms with E-state index in [9.17, 15) is 13.2 Å². The summed E-state index contributed by atoms with van der Waals surface area (Å²) >= 11 is 0. The minimum atomic E-state index is -3.57. The third-order valence-electron chi connectivity index (χ3n) is 3.46. The van der Waals surface area contributed by atoms with Gasteiger partial charge in [0, 0.05) is 13.1 Å². The molecule has 0 atom stereocenters. The normalized spacial score (nSPS) is 11.1. The molecule has 2 aromatic carbocycles. The van der Waals surface area contributed by atoms with E-state index < -0.39 is 10.0 Å². The van der Waals surface area contributed by atoms with Crippen LogP contribution in [0.4, 0.5) is 0 Å². The van der Waals surface area contributed by atoms with Crippen molar-refractivity contribution in [1.29, 1.82) is 0 Å². The standard InChI is InChI=1S/C18H22N2O4S/c1-14-3-7-16(8-4-14)24-13-18(21)19-11-12-20-25(22,23)17-9-5-15(2)6-10-17/h3-10,20H,11-13H2,1-2H3,(H,19,21). The Balaban J connectivity index is 1.70. The third-order valence-corrected chi connectivity index (χ3v) is 4.94. The molecule has 0 saturated carbocycles. The molecule has 2 aromatic rings. The van der Waals surface area contributed by atoms with Crippen LogP contribution in [0.1, 0.15) is 11.1 Å². The molecule has 0 unspecified atom stereocenters. The maximum atomic E-state index is 12.1. The fourth-order valence-electron chi connectivity index (χ4n) is 2.02. The Morgan fingerprint density at radius 2 is 1.48 bits per heavy atom. The summed E-state index contributed by atoms with van der Waals surface area (Å²) in [5, 5.41) is 2.61. The number of carbonyl (C=O) groups is 1. The number of amides is 1. The first kappa shape index (κ1) is 19.0. The van der Waals surface area contributed by atoms with Crippen LogP contribution in [0.25, 0.3) is 0 Å². The van der Waals surface area contributed by atoms with Gasteiger partial charge in [0.15, 0.2) is 6.61 Å². The van der Waals surface area contributed by atoms with Gasteiger partial charge in [-0.3, -0.25) is 4.79 Å². The van der Waals surface area contributed by atoms with Crippen molar-refractivity contribution in [3.63, 3.8) is 0 Å². The van der Waals surface area contributed by atoms with Gasteiger partial charge in [-0.25, -0.2) is 13.1 Å². The lowest BCUT2D eigenvalue weighted by atomic mass is 10.2. The average Bonchev–Trinajstić information content (AvgIpc) is 2.59. The molecule has 0 fully saturated rings. The van der Waals surface area contributed by atoms with E-state index in [0.717, 1.165) is 11.1 Å². The molecule has 25 heavy (non-hydrogen) atoms. The Morgan fingerprint density at radius 3 is 2.08 bits per heavy atom. The van der Waals surface area contributed by atoms with Crippen molar-refractivity contribution >= 4 is 15.9 Å². The smallest absolute Gasteiger partial charge is 0.257 e. The first-order chi connectivity index (χ1) is 11.9. The highest BCUT2D eigenvalue weighted by Gasteiger charge is 2.12. The van der Waals surface area contributed by atoms with Gasteiger partial charge in [-0.1, -0.05) is 35.4 Å². The van der Waals surface area contributed by atoms with E-state index in [4.69, 9.17) is 4.74 Å². The van der Waals surface area contributed by atoms with Crippen LogP contribution < -0.4 is 14.8 Å². The van der Waals surface area contributed by atoms with Crippen molar-refractivity contribution in [2.24, 2.45) is 0 Å². The number of hydrogen-bond donors (Lipinski definition) is 2. The Hall–Kier alpha value is -2.38. The highest BCUT2D eigenvalue weighted by molar-refractivity contribution is 7.89. The molecule has 0 aliphatic rings. The van der Waals surface area contributed by atoms with Crippen LogP contribution in [0.15, 0.2) is 53.4 Å². The second-order valence-corrected chi connectivity index (χ2v) is 7.43. The number of ether oxygens (including phenoxy) is 1. The van der Waals surface area contributed by atoms with Gasteiger partial charge in [-0.05, 0) is 38.1 Å². The summed E-state index contributed by atoms with van der Waals surface area (Å²) in [5.41, 5.74) is 2.09. The topological polar surface area (TPSA) is 84.5 Å². The predicted octanol–water partition coefficient (Wildman–Crippen LogP) is 1.78. The lowest BCUT2D eigenvalue weighted by Gasteiger charge is -2.09. The zero-order valence-electron chi connectivity index (χ0n) is 14.3. The average molecular weight is 362 g/mol. The van der Waals surface area contributed by atoms with Crippen LogP contribution >= 0.6 is 0 Å². The van der Waals surface area contributed by atoms with Crippen molar-refractivity contribution < 1.29 is 17.9 Å². The third kappa shape index (κ3) is 6.21. The second-order valence-electron chi connectivity index (χ2n) is 5.66. The van der Waals surface area contributed by atoms with Crippen LogP contribution in [0.3, 0.4) is 0 Å². The van der Waals surface area contributed by atoms with Gasteiger partial charge in [-0.2, -0.15) is 0 Å². The summed E-state index contributed by atoms with van der Waals surface area (Å²) in [6.07, 6.45) is 0. The van der Waals surface area contributed by atoms with Crippen molar-refractivity contribution in [3.05, 3.63) is 59.7 Å². The van der Waals surface area contributed by atoms with Gasteiger partial charge < -0.3 is 10.1 Å². The lowest BCUT2D eigenvalue weighted by Crippen LogP contribution is -2.36. The Bertz CT molecular complexity index is 800. The molecule has 0 heterocycles. The number of hydrogen-bond acceptors (Lipinski definition) is 4. The SMILES string of the molecule is Cc1ccc(OCC(=O)NCCNS(=O)(=O)c2ccc(C)cc2)cc1.